The zero-order valence-corrected chi connectivity index (χ0v) is 11.1. The van der Waals surface area contributed by atoms with Crippen LogP contribution < -0.4 is 15.2 Å². The molecular weight excluding hydrogens is 236 g/mol. The number of benzene rings is 1. The first kappa shape index (κ1) is 12.9. The van der Waals surface area contributed by atoms with Gasteiger partial charge in [-0.1, -0.05) is 30.3 Å². The van der Waals surface area contributed by atoms with Crippen molar-refractivity contribution < 1.29 is 4.98 Å². The third-order valence-electron chi connectivity index (χ3n) is 2.86. The fraction of sp³-hybridized carbons (Fsp3) is 0.200. The zero-order chi connectivity index (χ0) is 13.7. The van der Waals surface area contributed by atoms with Crippen molar-refractivity contribution in [1.82, 2.24) is 0 Å². The van der Waals surface area contributed by atoms with Gasteiger partial charge in [0.1, 0.15) is 6.07 Å². The molecule has 0 aliphatic rings. The van der Waals surface area contributed by atoms with Gasteiger partial charge in [0.15, 0.2) is 5.56 Å². The van der Waals surface area contributed by atoms with Crippen molar-refractivity contribution in [2.75, 3.05) is 24.3 Å². The first-order valence-electron chi connectivity index (χ1n) is 6.12. The Morgan fingerprint density at radius 3 is 2.58 bits per heavy atom. The van der Waals surface area contributed by atoms with Crippen LogP contribution in [0.1, 0.15) is 11.1 Å². The smallest absolute Gasteiger partial charge is 0.294 e. The summed E-state index contributed by atoms with van der Waals surface area (Å²) in [6, 6.07) is 14.2. The fourth-order valence-electron chi connectivity index (χ4n) is 1.89. The van der Waals surface area contributed by atoms with Crippen molar-refractivity contribution in [1.29, 1.82) is 5.26 Å². The van der Waals surface area contributed by atoms with E-state index >= 15 is 0 Å². The van der Waals surface area contributed by atoms with Gasteiger partial charge in [-0.3, -0.25) is 4.90 Å². The summed E-state index contributed by atoms with van der Waals surface area (Å²) < 4.78 is 0. The number of hydrogen-bond acceptors (Lipinski definition) is 3. The molecule has 0 aliphatic heterocycles. The Morgan fingerprint density at radius 1 is 1.21 bits per heavy atom. The van der Waals surface area contributed by atoms with Crippen molar-refractivity contribution in [3.8, 4) is 6.07 Å². The second kappa shape index (κ2) is 5.87. The number of H-pyrrole nitrogens is 1. The lowest BCUT2D eigenvalue weighted by molar-refractivity contribution is -0.363. The first-order chi connectivity index (χ1) is 9.22. The maximum atomic E-state index is 9.31. The Morgan fingerprint density at radius 2 is 1.95 bits per heavy atom. The van der Waals surface area contributed by atoms with E-state index in [9.17, 15) is 5.26 Å². The van der Waals surface area contributed by atoms with Crippen LogP contribution in [0.15, 0.2) is 42.6 Å². The van der Waals surface area contributed by atoms with Crippen LogP contribution in [-0.2, 0) is 6.54 Å². The molecule has 0 unspecified atom stereocenters. The van der Waals surface area contributed by atoms with E-state index in [1.54, 1.807) is 0 Å². The predicted molar refractivity (Wildman–Crippen MR) is 75.8 cm³/mol. The second-order valence-corrected chi connectivity index (χ2v) is 4.46. The molecule has 0 amide bonds. The van der Waals surface area contributed by atoms with E-state index in [4.69, 9.17) is 0 Å². The Bertz CT molecular complexity index is 585. The Labute approximate surface area is 113 Å². The molecule has 0 fully saturated rings. The molecule has 0 saturated heterocycles. The van der Waals surface area contributed by atoms with Crippen LogP contribution in [0.2, 0.25) is 0 Å². The van der Waals surface area contributed by atoms with Crippen molar-refractivity contribution in [3.63, 3.8) is 0 Å². The quantitative estimate of drug-likeness (QED) is 0.907. The molecule has 0 spiro atoms. The number of nitrogens with zero attached hydrogens (tertiary/aromatic N) is 2. The summed E-state index contributed by atoms with van der Waals surface area (Å²) in [7, 11) is 3.82. The third kappa shape index (κ3) is 3.02. The van der Waals surface area contributed by atoms with E-state index in [2.05, 4.69) is 28.5 Å². The van der Waals surface area contributed by atoms with Gasteiger partial charge >= 0.3 is 0 Å². The molecule has 2 rings (SSSR count). The molecule has 2 N–H and O–H groups in total. The van der Waals surface area contributed by atoms with Crippen LogP contribution >= 0.6 is 0 Å². The molecule has 0 saturated carbocycles. The Hall–Kier alpha value is -2.54. The van der Waals surface area contributed by atoms with Crippen molar-refractivity contribution in [2.24, 2.45) is 0 Å². The molecule has 1 heterocycles. The molecule has 2 aromatic rings. The lowest BCUT2D eigenvalue weighted by Crippen LogP contribution is -2.22. The number of aromatic amines is 1. The summed E-state index contributed by atoms with van der Waals surface area (Å²) in [5.74, 6) is 0.806. The van der Waals surface area contributed by atoms with Crippen molar-refractivity contribution in [2.45, 2.75) is 6.54 Å². The van der Waals surface area contributed by atoms with Gasteiger partial charge < -0.3 is 5.32 Å². The van der Waals surface area contributed by atoms with Crippen LogP contribution in [0, 0.1) is 11.3 Å². The zero-order valence-electron chi connectivity index (χ0n) is 11.1. The van der Waals surface area contributed by atoms with Crippen LogP contribution in [0.25, 0.3) is 0 Å². The molecule has 1 aromatic carbocycles. The maximum Gasteiger partial charge on any atom is 0.294 e. The van der Waals surface area contributed by atoms with E-state index in [1.165, 1.54) is 5.56 Å². The molecule has 4 nitrogen and oxygen atoms in total. The minimum atomic E-state index is 0.628. The van der Waals surface area contributed by atoms with Gasteiger partial charge in [-0.15, -0.1) is 0 Å². The number of nitriles is 1. The summed E-state index contributed by atoms with van der Waals surface area (Å²) in [6.45, 7) is 0.701. The summed E-state index contributed by atoms with van der Waals surface area (Å²) >= 11 is 0. The maximum absolute atomic E-state index is 9.31. The van der Waals surface area contributed by atoms with Crippen LogP contribution in [0.4, 0.5) is 11.5 Å². The van der Waals surface area contributed by atoms with Crippen LogP contribution in [0.5, 0.6) is 0 Å². The van der Waals surface area contributed by atoms with Gasteiger partial charge in [-0.25, -0.2) is 4.98 Å². The van der Waals surface area contributed by atoms with Crippen molar-refractivity contribution >= 4 is 11.5 Å². The van der Waals surface area contributed by atoms with Crippen LogP contribution in [-0.4, -0.2) is 14.1 Å². The van der Waals surface area contributed by atoms with Gasteiger partial charge in [-0.05, 0) is 5.56 Å². The van der Waals surface area contributed by atoms with Gasteiger partial charge in [0.25, 0.3) is 5.82 Å². The normalized spacial score (nSPS) is 9.74. The topological polar surface area (TPSA) is 53.2 Å². The Kier molecular flexibility index (Phi) is 3.99. The predicted octanol–water partition coefficient (Wildman–Crippen LogP) is 2.05. The first-order valence-corrected chi connectivity index (χ1v) is 6.12. The standard InChI is InChI=1S/C15H16N4/c1-19(2)15-13(10-16)14(8-9-17-15)18-11-12-6-4-3-5-7-12/h3-9H,11H2,1-2H3,(H,17,18)/p+1. The highest BCUT2D eigenvalue weighted by molar-refractivity contribution is 5.65. The number of aromatic nitrogens is 1. The molecule has 0 bridgehead atoms. The molecule has 4 heteroatoms. The lowest BCUT2D eigenvalue weighted by Gasteiger charge is -2.11. The van der Waals surface area contributed by atoms with E-state index < -0.39 is 0 Å². The molecule has 19 heavy (non-hydrogen) atoms. The number of anilines is 2. The van der Waals surface area contributed by atoms with Gasteiger partial charge in [-0.2, -0.15) is 5.26 Å². The van der Waals surface area contributed by atoms with E-state index in [1.807, 2.05) is 49.5 Å². The van der Waals surface area contributed by atoms with Gasteiger partial charge in [0.05, 0.1) is 26.0 Å². The van der Waals surface area contributed by atoms with E-state index in [-0.39, 0.29) is 0 Å². The molecule has 1 aromatic heterocycles. The minimum Gasteiger partial charge on any atom is -0.380 e. The average molecular weight is 253 g/mol. The number of rotatable bonds is 4. The third-order valence-corrected chi connectivity index (χ3v) is 2.86. The Balaban J connectivity index is 2.21. The highest BCUT2D eigenvalue weighted by Crippen LogP contribution is 2.21. The SMILES string of the molecule is CN(C)c1[nH+]ccc(NCc2ccccc2)c1C#N. The van der Waals surface area contributed by atoms with Crippen molar-refractivity contribution in [3.05, 3.63) is 53.7 Å². The number of nitrogens with one attached hydrogen (secondary N) is 2. The molecule has 0 radical (unpaired) electrons. The minimum absolute atomic E-state index is 0.628. The summed E-state index contributed by atoms with van der Waals surface area (Å²) in [6.07, 6.45) is 1.84. The van der Waals surface area contributed by atoms with Gasteiger partial charge in [0, 0.05) is 12.6 Å². The highest BCUT2D eigenvalue weighted by Gasteiger charge is 2.16. The summed E-state index contributed by atoms with van der Waals surface area (Å²) in [4.78, 5) is 4.98. The number of pyridine rings is 1. The largest absolute Gasteiger partial charge is 0.380 e. The number of hydrogen-bond donors (Lipinski definition) is 1. The fourth-order valence-corrected chi connectivity index (χ4v) is 1.89. The summed E-state index contributed by atoms with van der Waals surface area (Å²) in [5, 5.41) is 12.6. The molecular formula is C15H17N4+. The molecule has 0 aliphatic carbocycles. The van der Waals surface area contributed by atoms with E-state index in [0.717, 1.165) is 11.5 Å². The molecule has 96 valence electrons. The molecule has 0 atom stereocenters. The van der Waals surface area contributed by atoms with Gasteiger partial charge in [0.2, 0.25) is 0 Å². The monoisotopic (exact) mass is 253 g/mol. The second-order valence-electron chi connectivity index (χ2n) is 4.46. The summed E-state index contributed by atoms with van der Waals surface area (Å²) in [5.41, 5.74) is 2.66. The van der Waals surface area contributed by atoms with E-state index in [0.29, 0.717) is 12.1 Å². The average Bonchev–Trinajstić information content (AvgIpc) is 2.45. The lowest BCUT2D eigenvalue weighted by atomic mass is 10.2. The highest BCUT2D eigenvalue weighted by atomic mass is 15.1. The van der Waals surface area contributed by atoms with Crippen LogP contribution in [0.3, 0.4) is 0 Å².